The number of carbonyl (C=O) groups is 1. The molecule has 4 rings (SSSR count). The largest absolute Gasteiger partial charge is 0.493 e. The monoisotopic (exact) mass is 564 g/mol. The molecule has 0 bridgehead atoms. The van der Waals surface area contributed by atoms with Crippen LogP contribution in [0.5, 0.6) is 5.75 Å². The molecule has 7 nitrogen and oxygen atoms in total. The van der Waals surface area contributed by atoms with E-state index in [0.29, 0.717) is 43.2 Å². The van der Waals surface area contributed by atoms with E-state index in [9.17, 15) is 19.1 Å². The van der Waals surface area contributed by atoms with Gasteiger partial charge in [0.2, 0.25) is 0 Å². The van der Waals surface area contributed by atoms with Gasteiger partial charge in [-0.2, -0.15) is 0 Å². The van der Waals surface area contributed by atoms with Gasteiger partial charge in [0.15, 0.2) is 6.10 Å². The number of aliphatic carboxylic acids is 1. The zero-order valence-electron chi connectivity index (χ0n) is 24.8. The van der Waals surface area contributed by atoms with Crippen molar-refractivity contribution < 1.29 is 23.8 Å². The zero-order valence-corrected chi connectivity index (χ0v) is 24.8. The fourth-order valence-electron chi connectivity index (χ4n) is 5.22. The average molecular weight is 565 g/mol. The lowest BCUT2D eigenvalue weighted by molar-refractivity contribution is -0.160. The Morgan fingerprint density at radius 1 is 1.07 bits per heavy atom. The molecular weight excluding hydrogens is 523 g/mol. The number of nitrogens with one attached hydrogen (secondary N) is 1. The first kappa shape index (κ1) is 30.3. The van der Waals surface area contributed by atoms with E-state index in [1.165, 1.54) is 12.1 Å². The lowest BCUT2D eigenvalue weighted by atomic mass is 9.82. The van der Waals surface area contributed by atoms with Crippen LogP contribution in [0.2, 0.25) is 0 Å². The maximum Gasteiger partial charge on any atom is 0.337 e. The van der Waals surface area contributed by atoms with Crippen molar-refractivity contribution in [3.05, 3.63) is 81.5 Å². The molecule has 1 aliphatic rings. The van der Waals surface area contributed by atoms with Crippen molar-refractivity contribution in [2.24, 2.45) is 5.41 Å². The van der Waals surface area contributed by atoms with Crippen LogP contribution < -0.4 is 15.2 Å². The number of H-pyrrole nitrogens is 1. The molecule has 1 aliphatic heterocycles. The van der Waals surface area contributed by atoms with Gasteiger partial charge in [0.25, 0.3) is 5.56 Å². The SMILES string of the molecule is Cc1[nH]c(=O)c([C@H](OC(C)(C)C)C(=O)O)c(N2CCC(C)(C)CC2)c1-c1ccc(OCCc2ccc(F)cc2)cc1. The third-order valence-corrected chi connectivity index (χ3v) is 7.52. The summed E-state index contributed by atoms with van der Waals surface area (Å²) in [5.41, 5.74) is 2.91. The van der Waals surface area contributed by atoms with Crippen LogP contribution in [0, 0.1) is 18.2 Å². The highest BCUT2D eigenvalue weighted by Crippen LogP contribution is 2.42. The Morgan fingerprint density at radius 2 is 1.68 bits per heavy atom. The lowest BCUT2D eigenvalue weighted by Crippen LogP contribution is -2.41. The number of pyridine rings is 1. The number of carboxylic acid groups (broad SMARTS) is 1. The Labute approximate surface area is 241 Å². The molecule has 2 N–H and O–H groups in total. The molecule has 1 aromatic heterocycles. The summed E-state index contributed by atoms with van der Waals surface area (Å²) in [4.78, 5) is 31.1. The minimum absolute atomic E-state index is 0.118. The Hall–Kier alpha value is -3.65. The Balaban J connectivity index is 1.72. The predicted molar refractivity (Wildman–Crippen MR) is 159 cm³/mol. The van der Waals surface area contributed by atoms with Crippen molar-refractivity contribution in [1.82, 2.24) is 4.98 Å². The van der Waals surface area contributed by atoms with Crippen LogP contribution >= 0.6 is 0 Å². The van der Waals surface area contributed by atoms with Gasteiger partial charge in [-0.1, -0.05) is 38.1 Å². The minimum Gasteiger partial charge on any atom is -0.493 e. The van der Waals surface area contributed by atoms with Gasteiger partial charge in [-0.05, 0) is 81.3 Å². The number of hydrogen-bond acceptors (Lipinski definition) is 5. The number of ether oxygens (including phenoxy) is 2. The Kier molecular flexibility index (Phi) is 8.92. The highest BCUT2D eigenvalue weighted by molar-refractivity contribution is 5.87. The van der Waals surface area contributed by atoms with E-state index >= 15 is 0 Å². The number of aryl methyl sites for hydroxylation is 1. The van der Waals surface area contributed by atoms with Crippen molar-refractivity contribution in [2.75, 3.05) is 24.6 Å². The number of aromatic nitrogens is 1. The van der Waals surface area contributed by atoms with Gasteiger partial charge in [-0.25, -0.2) is 9.18 Å². The van der Waals surface area contributed by atoms with Crippen LogP contribution in [0.4, 0.5) is 10.1 Å². The summed E-state index contributed by atoms with van der Waals surface area (Å²) in [7, 11) is 0. The molecule has 1 atom stereocenters. The zero-order chi connectivity index (χ0) is 29.9. The molecule has 0 saturated carbocycles. The number of benzene rings is 2. The van der Waals surface area contributed by atoms with Crippen LogP contribution in [0.1, 0.15) is 70.4 Å². The molecule has 3 aromatic rings. The van der Waals surface area contributed by atoms with E-state index in [1.807, 2.05) is 31.2 Å². The number of rotatable bonds is 9. The number of aromatic amines is 1. The average Bonchev–Trinajstić information content (AvgIpc) is 2.88. The van der Waals surface area contributed by atoms with E-state index in [1.54, 1.807) is 32.9 Å². The van der Waals surface area contributed by atoms with Gasteiger partial charge in [-0.15, -0.1) is 0 Å². The molecule has 220 valence electrons. The molecule has 0 amide bonds. The normalized spacial score (nSPS) is 15.9. The van der Waals surface area contributed by atoms with Crippen LogP contribution in [-0.2, 0) is 16.0 Å². The molecule has 1 fully saturated rings. The Morgan fingerprint density at radius 3 is 2.24 bits per heavy atom. The number of piperidine rings is 1. The summed E-state index contributed by atoms with van der Waals surface area (Å²) in [5, 5.41) is 10.2. The van der Waals surface area contributed by atoms with Gasteiger partial charge in [0.05, 0.1) is 23.5 Å². The lowest BCUT2D eigenvalue weighted by Gasteiger charge is -2.40. The second kappa shape index (κ2) is 12.1. The molecule has 8 heteroatoms. The van der Waals surface area contributed by atoms with E-state index in [0.717, 1.165) is 29.5 Å². The standard InChI is InChI=1S/C33H41FN2O5/c1-21-26(23-9-13-25(14-10-23)40-20-15-22-7-11-24(34)12-8-22)28(36-18-16-33(5,6)17-19-36)27(30(37)35-21)29(31(38)39)41-32(2,3)4/h7-14,29H,15-20H2,1-6H3,(H,35,37)(H,38,39)/t29-/m0/s1. The fourth-order valence-corrected chi connectivity index (χ4v) is 5.22. The Bertz CT molecular complexity index is 1410. The second-order valence-electron chi connectivity index (χ2n) is 12.6. The van der Waals surface area contributed by atoms with Crippen molar-refractivity contribution in [3.8, 4) is 16.9 Å². The van der Waals surface area contributed by atoms with E-state index in [-0.39, 0.29) is 16.8 Å². The van der Waals surface area contributed by atoms with Crippen molar-refractivity contribution in [3.63, 3.8) is 0 Å². The molecule has 2 aromatic carbocycles. The highest BCUT2D eigenvalue weighted by Gasteiger charge is 2.36. The van der Waals surface area contributed by atoms with Crippen LogP contribution in [-0.4, -0.2) is 41.4 Å². The summed E-state index contributed by atoms with van der Waals surface area (Å²) in [6.45, 7) is 13.5. The number of halogens is 1. The third kappa shape index (κ3) is 7.55. The molecule has 1 saturated heterocycles. The summed E-state index contributed by atoms with van der Waals surface area (Å²) < 4.78 is 25.1. The van der Waals surface area contributed by atoms with E-state index in [2.05, 4.69) is 23.7 Å². The van der Waals surface area contributed by atoms with Gasteiger partial charge < -0.3 is 24.5 Å². The summed E-state index contributed by atoms with van der Waals surface area (Å²) >= 11 is 0. The number of nitrogens with zero attached hydrogens (tertiary/aromatic N) is 1. The summed E-state index contributed by atoms with van der Waals surface area (Å²) in [6.07, 6.45) is 1.04. The van der Waals surface area contributed by atoms with E-state index < -0.39 is 23.2 Å². The topological polar surface area (TPSA) is 91.9 Å². The van der Waals surface area contributed by atoms with Crippen LogP contribution in [0.25, 0.3) is 11.1 Å². The second-order valence-corrected chi connectivity index (χ2v) is 12.6. The quantitative estimate of drug-likeness (QED) is 0.301. The van der Waals surface area contributed by atoms with Crippen molar-refractivity contribution in [1.29, 1.82) is 0 Å². The van der Waals surface area contributed by atoms with Crippen molar-refractivity contribution >= 4 is 11.7 Å². The molecular formula is C33H41FN2O5. The molecule has 0 aliphatic carbocycles. The summed E-state index contributed by atoms with van der Waals surface area (Å²) in [6, 6.07) is 14.0. The fraction of sp³-hybridized carbons (Fsp3) is 0.455. The minimum atomic E-state index is -1.43. The predicted octanol–water partition coefficient (Wildman–Crippen LogP) is 6.68. The van der Waals surface area contributed by atoms with E-state index in [4.69, 9.17) is 9.47 Å². The van der Waals surface area contributed by atoms with Crippen LogP contribution in [0.3, 0.4) is 0 Å². The molecule has 0 spiro atoms. The molecule has 0 radical (unpaired) electrons. The van der Waals surface area contributed by atoms with Gasteiger partial charge in [0.1, 0.15) is 11.6 Å². The number of anilines is 1. The van der Waals surface area contributed by atoms with Crippen LogP contribution in [0.15, 0.2) is 53.3 Å². The van der Waals surface area contributed by atoms with Crippen molar-refractivity contribution in [2.45, 2.75) is 72.5 Å². The van der Waals surface area contributed by atoms with Gasteiger partial charge >= 0.3 is 5.97 Å². The molecule has 2 heterocycles. The maximum absolute atomic E-state index is 13.5. The number of hydrogen-bond donors (Lipinski definition) is 2. The third-order valence-electron chi connectivity index (χ3n) is 7.52. The smallest absolute Gasteiger partial charge is 0.337 e. The maximum atomic E-state index is 13.5. The summed E-state index contributed by atoms with van der Waals surface area (Å²) in [5.74, 6) is -0.791. The molecule has 0 unspecified atom stereocenters. The number of carboxylic acids is 1. The first-order chi connectivity index (χ1) is 19.2. The highest BCUT2D eigenvalue weighted by atomic mass is 19.1. The van der Waals surface area contributed by atoms with Gasteiger partial charge in [-0.3, -0.25) is 4.79 Å². The first-order valence-corrected chi connectivity index (χ1v) is 14.1. The van der Waals surface area contributed by atoms with Gasteiger partial charge in [0, 0.05) is 30.8 Å². The first-order valence-electron chi connectivity index (χ1n) is 14.1. The molecule has 41 heavy (non-hydrogen) atoms.